The van der Waals surface area contributed by atoms with Gasteiger partial charge in [-0.25, -0.2) is 9.59 Å². The molecule has 0 spiro atoms. The van der Waals surface area contributed by atoms with Gasteiger partial charge in [-0.1, -0.05) is 0 Å². The first-order valence-electron chi connectivity index (χ1n) is 8.20. The Balaban J connectivity index is 4.47. The molecule has 0 rings (SSSR count). The van der Waals surface area contributed by atoms with Crippen LogP contribution < -0.4 is 0 Å². The average molecular weight is 378 g/mol. The lowest BCUT2D eigenvalue weighted by molar-refractivity contribution is -0.180. The molecule has 0 aliphatic heterocycles. The number of hydrogen-bond donors (Lipinski definition) is 2. The smallest absolute Gasteiger partial charge is 0.338 e. The molecule has 0 fully saturated rings. The number of rotatable bonds is 11. The summed E-state index contributed by atoms with van der Waals surface area (Å²) in [7, 11) is 0. The summed E-state index contributed by atoms with van der Waals surface area (Å²) in [6.45, 7) is 6.32. The molecule has 0 heterocycles. The van der Waals surface area contributed by atoms with Gasteiger partial charge in [0.05, 0.1) is 26.1 Å². The fourth-order valence-electron chi connectivity index (χ4n) is 1.79. The minimum Gasteiger partial charge on any atom is -0.466 e. The van der Waals surface area contributed by atoms with Crippen molar-refractivity contribution in [3.63, 3.8) is 0 Å². The van der Waals surface area contributed by atoms with Crippen molar-refractivity contribution >= 4 is 23.9 Å². The lowest BCUT2D eigenvalue weighted by atomic mass is 10.2. The van der Waals surface area contributed by atoms with Crippen LogP contribution in [0, 0.1) is 0 Å². The van der Waals surface area contributed by atoms with E-state index < -0.39 is 48.3 Å². The molecule has 0 aliphatic rings. The summed E-state index contributed by atoms with van der Waals surface area (Å²) < 4.78 is 18.9. The largest absolute Gasteiger partial charge is 0.466 e. The molecule has 26 heavy (non-hydrogen) atoms. The summed E-state index contributed by atoms with van der Waals surface area (Å²) >= 11 is 0. The van der Waals surface area contributed by atoms with Crippen molar-refractivity contribution in [1.29, 1.82) is 0 Å². The quantitative estimate of drug-likeness (QED) is 0.355. The van der Waals surface area contributed by atoms with Crippen LogP contribution in [0.2, 0.25) is 0 Å². The third-order valence-corrected chi connectivity index (χ3v) is 2.94. The summed E-state index contributed by atoms with van der Waals surface area (Å²) in [5.74, 6) is -3.81. The second-order valence-corrected chi connectivity index (χ2v) is 5.40. The van der Waals surface area contributed by atoms with Crippen molar-refractivity contribution in [3.8, 4) is 0 Å². The van der Waals surface area contributed by atoms with Gasteiger partial charge in [-0.2, -0.15) is 0 Å². The second kappa shape index (κ2) is 12.2. The van der Waals surface area contributed by atoms with Gasteiger partial charge in [-0.15, -0.1) is 0 Å². The summed E-state index contributed by atoms with van der Waals surface area (Å²) in [6.07, 6.45) is -6.76. The van der Waals surface area contributed by atoms with Crippen molar-refractivity contribution in [2.45, 2.75) is 65.0 Å². The van der Waals surface area contributed by atoms with Gasteiger partial charge in [0.2, 0.25) is 0 Å². The molecule has 0 saturated carbocycles. The van der Waals surface area contributed by atoms with Crippen LogP contribution in [0.4, 0.5) is 0 Å². The van der Waals surface area contributed by atoms with Crippen LogP contribution in [0.1, 0.15) is 40.5 Å². The first-order valence-corrected chi connectivity index (χ1v) is 8.20. The van der Waals surface area contributed by atoms with Gasteiger partial charge < -0.3 is 29.2 Å². The van der Waals surface area contributed by atoms with Crippen LogP contribution in [0.3, 0.4) is 0 Å². The number of esters is 4. The Bertz CT molecular complexity index is 445. The molecule has 0 radical (unpaired) electrons. The Labute approximate surface area is 151 Å². The zero-order valence-corrected chi connectivity index (χ0v) is 15.3. The van der Waals surface area contributed by atoms with Crippen LogP contribution in [0.5, 0.6) is 0 Å². The lowest BCUT2D eigenvalue weighted by Crippen LogP contribution is -2.43. The van der Waals surface area contributed by atoms with E-state index in [9.17, 15) is 29.4 Å². The van der Waals surface area contributed by atoms with Gasteiger partial charge in [-0.3, -0.25) is 9.59 Å². The van der Waals surface area contributed by atoms with Crippen molar-refractivity contribution in [2.75, 3.05) is 13.2 Å². The maximum Gasteiger partial charge on any atom is 0.338 e. The van der Waals surface area contributed by atoms with Crippen molar-refractivity contribution < 1.29 is 48.3 Å². The number of carbonyl (C=O) groups excluding carboxylic acids is 4. The number of aliphatic hydroxyl groups excluding tert-OH is 2. The van der Waals surface area contributed by atoms with Gasteiger partial charge in [0, 0.05) is 0 Å². The maximum atomic E-state index is 11.7. The van der Waals surface area contributed by atoms with Gasteiger partial charge in [0.15, 0.2) is 12.2 Å². The van der Waals surface area contributed by atoms with E-state index in [0.717, 1.165) is 0 Å². The van der Waals surface area contributed by atoms with Crippen molar-refractivity contribution in [2.24, 2.45) is 0 Å². The summed E-state index contributed by atoms with van der Waals surface area (Å²) in [5.41, 5.74) is 0. The fraction of sp³-hybridized carbons (Fsp3) is 0.750. The van der Waals surface area contributed by atoms with Gasteiger partial charge in [0.1, 0.15) is 12.2 Å². The molecule has 0 aromatic carbocycles. The highest BCUT2D eigenvalue weighted by molar-refractivity contribution is 5.85. The summed E-state index contributed by atoms with van der Waals surface area (Å²) in [6, 6.07) is 0. The monoisotopic (exact) mass is 378 g/mol. The molecule has 4 atom stereocenters. The second-order valence-electron chi connectivity index (χ2n) is 5.40. The molecule has 2 N–H and O–H groups in total. The number of aliphatic hydroxyl groups is 2. The third kappa shape index (κ3) is 9.33. The topological polar surface area (TPSA) is 146 Å². The minimum absolute atomic E-state index is 0.163. The molecule has 0 aromatic rings. The van der Waals surface area contributed by atoms with E-state index in [1.165, 1.54) is 13.8 Å². The summed E-state index contributed by atoms with van der Waals surface area (Å²) in [5, 5.41) is 19.4. The van der Waals surface area contributed by atoms with E-state index in [0.29, 0.717) is 0 Å². The molecule has 0 aliphatic carbocycles. The number of ether oxygens (including phenoxy) is 4. The first-order chi connectivity index (χ1) is 12.1. The van der Waals surface area contributed by atoms with E-state index in [4.69, 9.17) is 9.47 Å². The Morgan fingerprint density at radius 3 is 1.31 bits per heavy atom. The predicted octanol–water partition coefficient (Wildman–Crippen LogP) is -0.522. The lowest BCUT2D eigenvalue weighted by Gasteiger charge is -2.20. The molecule has 150 valence electrons. The number of carbonyl (C=O) groups is 4. The van der Waals surface area contributed by atoms with Crippen LogP contribution in [0.15, 0.2) is 0 Å². The van der Waals surface area contributed by atoms with E-state index in [-0.39, 0.29) is 26.1 Å². The molecular weight excluding hydrogens is 352 g/mol. The molecular formula is C16H26O10. The Morgan fingerprint density at radius 2 is 1.04 bits per heavy atom. The molecule has 10 heteroatoms. The average Bonchev–Trinajstić information content (AvgIpc) is 2.53. The Hall–Kier alpha value is -2.20. The van der Waals surface area contributed by atoms with Crippen LogP contribution >= 0.6 is 0 Å². The van der Waals surface area contributed by atoms with E-state index >= 15 is 0 Å². The molecule has 0 bridgehead atoms. The zero-order chi connectivity index (χ0) is 20.3. The van der Waals surface area contributed by atoms with E-state index in [1.807, 2.05) is 0 Å². The van der Waals surface area contributed by atoms with E-state index in [2.05, 4.69) is 9.47 Å². The Morgan fingerprint density at radius 1 is 0.731 bits per heavy atom. The van der Waals surface area contributed by atoms with Crippen molar-refractivity contribution in [1.82, 2.24) is 0 Å². The first kappa shape index (κ1) is 23.8. The molecule has 10 nitrogen and oxygen atoms in total. The summed E-state index contributed by atoms with van der Waals surface area (Å²) in [4.78, 5) is 46.0. The van der Waals surface area contributed by atoms with Crippen LogP contribution in [0.25, 0.3) is 0 Å². The predicted molar refractivity (Wildman–Crippen MR) is 85.6 cm³/mol. The SMILES string of the molecule is CCOC(=O)CC(C)OC(=O)C(O)C(O)C(=O)OC(C)CC(=O)OCC. The molecule has 0 aromatic heterocycles. The minimum atomic E-state index is -2.21. The highest BCUT2D eigenvalue weighted by Gasteiger charge is 2.35. The number of hydrogen-bond acceptors (Lipinski definition) is 10. The standard InChI is InChI=1S/C16H26O10/c1-5-23-11(17)7-9(3)25-15(21)13(19)14(20)16(22)26-10(4)8-12(18)24-6-2/h9-10,13-14,19-20H,5-8H2,1-4H3. The molecule has 0 amide bonds. The van der Waals surface area contributed by atoms with Crippen LogP contribution in [-0.2, 0) is 38.1 Å². The van der Waals surface area contributed by atoms with Gasteiger partial charge in [0.25, 0.3) is 0 Å². The maximum absolute atomic E-state index is 11.7. The molecule has 4 unspecified atom stereocenters. The molecule has 0 saturated heterocycles. The van der Waals surface area contributed by atoms with Gasteiger partial charge >= 0.3 is 23.9 Å². The third-order valence-electron chi connectivity index (χ3n) is 2.94. The van der Waals surface area contributed by atoms with Crippen LogP contribution in [-0.4, -0.2) is 71.7 Å². The van der Waals surface area contributed by atoms with Gasteiger partial charge in [-0.05, 0) is 27.7 Å². The normalized spacial score (nSPS) is 15.2. The highest BCUT2D eigenvalue weighted by atomic mass is 16.6. The Kier molecular flexibility index (Phi) is 11.2. The van der Waals surface area contributed by atoms with E-state index in [1.54, 1.807) is 13.8 Å². The van der Waals surface area contributed by atoms with Crippen molar-refractivity contribution in [3.05, 3.63) is 0 Å². The highest BCUT2D eigenvalue weighted by Crippen LogP contribution is 2.08. The zero-order valence-electron chi connectivity index (χ0n) is 15.3. The fourth-order valence-corrected chi connectivity index (χ4v) is 1.79.